The zero-order chi connectivity index (χ0) is 18.1. The first-order valence-corrected chi connectivity index (χ1v) is 9.66. The van der Waals surface area contributed by atoms with Crippen LogP contribution in [0.25, 0.3) is 0 Å². The summed E-state index contributed by atoms with van der Waals surface area (Å²) in [5.41, 5.74) is 0.653. The lowest BCUT2D eigenvalue weighted by atomic mass is 10.00. The highest BCUT2D eigenvalue weighted by molar-refractivity contribution is 7.99. The Balaban J connectivity index is 2.09. The number of rotatable bonds is 7. The Hall–Kier alpha value is -1.95. The maximum Gasteiger partial charge on any atom is 0.347 e. The van der Waals surface area contributed by atoms with Gasteiger partial charge in [0, 0.05) is 22.4 Å². The van der Waals surface area contributed by atoms with E-state index in [2.05, 4.69) is 17.4 Å². The predicted molar refractivity (Wildman–Crippen MR) is 98.2 cm³/mol. The van der Waals surface area contributed by atoms with Crippen molar-refractivity contribution in [3.63, 3.8) is 0 Å². The normalized spacial score (nSPS) is 16.7. The van der Waals surface area contributed by atoms with E-state index in [4.69, 9.17) is 9.47 Å². The summed E-state index contributed by atoms with van der Waals surface area (Å²) in [7, 11) is 0. The van der Waals surface area contributed by atoms with Gasteiger partial charge in [-0.3, -0.25) is 0 Å². The van der Waals surface area contributed by atoms with Gasteiger partial charge in [0.25, 0.3) is 0 Å². The van der Waals surface area contributed by atoms with Crippen LogP contribution in [-0.4, -0.2) is 36.9 Å². The molecule has 1 fully saturated rings. The summed E-state index contributed by atoms with van der Waals surface area (Å²) >= 11 is 1.76. The molecule has 0 radical (unpaired) electrons. The molecule has 6 heteroatoms. The predicted octanol–water partition coefficient (Wildman–Crippen LogP) is 3.30. The van der Waals surface area contributed by atoms with Gasteiger partial charge in [-0.1, -0.05) is 18.2 Å². The second kappa shape index (κ2) is 10.1. The summed E-state index contributed by atoms with van der Waals surface area (Å²) in [6.07, 6.45) is 2.58. The summed E-state index contributed by atoms with van der Waals surface area (Å²) in [4.78, 5) is 25.6. The molecule has 1 aromatic rings. The zero-order valence-corrected chi connectivity index (χ0v) is 15.6. The van der Waals surface area contributed by atoms with Crippen LogP contribution in [0.3, 0.4) is 0 Å². The number of carbonyl (C=O) groups excluding carboxylic acids is 2. The smallest absolute Gasteiger partial charge is 0.347 e. The number of benzene rings is 1. The van der Waals surface area contributed by atoms with Crippen molar-refractivity contribution in [1.29, 1.82) is 0 Å². The average Bonchev–Trinajstić information content (AvgIpc) is 2.62. The molecular formula is C19H25NO4S. The Morgan fingerprint density at radius 1 is 1.12 bits per heavy atom. The van der Waals surface area contributed by atoms with E-state index in [0.29, 0.717) is 12.1 Å². The van der Waals surface area contributed by atoms with Gasteiger partial charge in [-0.05, 0) is 45.2 Å². The summed E-state index contributed by atoms with van der Waals surface area (Å²) in [5.74, 6) is -0.355. The van der Waals surface area contributed by atoms with Gasteiger partial charge in [-0.2, -0.15) is 0 Å². The van der Waals surface area contributed by atoms with E-state index in [1.165, 1.54) is 4.90 Å². The van der Waals surface area contributed by atoms with E-state index in [-0.39, 0.29) is 24.8 Å². The molecule has 0 amide bonds. The molecule has 5 nitrogen and oxygen atoms in total. The van der Waals surface area contributed by atoms with Crippen molar-refractivity contribution >= 4 is 23.7 Å². The molecule has 0 aliphatic carbocycles. The van der Waals surface area contributed by atoms with Crippen LogP contribution in [0, 0.1) is 0 Å². The maximum absolute atomic E-state index is 12.2. The fourth-order valence-electron chi connectivity index (χ4n) is 2.69. The molecule has 0 unspecified atom stereocenters. The SMILES string of the molecule is CCOC(=O)C(C(=O)OCC)=C1CCC[C@@H](CSc2ccccc2)N1. The van der Waals surface area contributed by atoms with Gasteiger partial charge in [0.05, 0.1) is 13.2 Å². The monoisotopic (exact) mass is 363 g/mol. The van der Waals surface area contributed by atoms with Crippen molar-refractivity contribution in [3.8, 4) is 0 Å². The van der Waals surface area contributed by atoms with Crippen molar-refractivity contribution < 1.29 is 19.1 Å². The van der Waals surface area contributed by atoms with E-state index in [0.717, 1.165) is 18.6 Å². The molecule has 1 atom stereocenters. The third kappa shape index (κ3) is 5.81. The number of esters is 2. The minimum absolute atomic E-state index is 0.0121. The van der Waals surface area contributed by atoms with Crippen LogP contribution < -0.4 is 5.32 Å². The molecule has 2 rings (SSSR count). The quantitative estimate of drug-likeness (QED) is 0.264. The van der Waals surface area contributed by atoms with E-state index >= 15 is 0 Å². The van der Waals surface area contributed by atoms with Gasteiger partial charge in [-0.15, -0.1) is 11.8 Å². The number of allylic oxidation sites excluding steroid dienone is 1. The summed E-state index contributed by atoms with van der Waals surface area (Å²) in [6.45, 7) is 3.89. The molecule has 1 N–H and O–H groups in total. The number of piperidine rings is 1. The highest BCUT2D eigenvalue weighted by atomic mass is 32.2. The van der Waals surface area contributed by atoms with Crippen LogP contribution in [0.1, 0.15) is 33.1 Å². The van der Waals surface area contributed by atoms with Gasteiger partial charge in [0.1, 0.15) is 0 Å². The van der Waals surface area contributed by atoms with Crippen molar-refractivity contribution in [1.82, 2.24) is 5.32 Å². The number of carbonyl (C=O) groups is 2. The average molecular weight is 363 g/mol. The molecule has 0 aromatic heterocycles. The molecule has 25 heavy (non-hydrogen) atoms. The van der Waals surface area contributed by atoms with E-state index in [1.54, 1.807) is 25.6 Å². The minimum atomic E-state index is -0.611. The lowest BCUT2D eigenvalue weighted by Gasteiger charge is -2.28. The lowest BCUT2D eigenvalue weighted by Crippen LogP contribution is -2.37. The van der Waals surface area contributed by atoms with Gasteiger partial charge >= 0.3 is 11.9 Å². The van der Waals surface area contributed by atoms with Crippen molar-refractivity contribution in [2.45, 2.75) is 44.0 Å². The van der Waals surface area contributed by atoms with Crippen LogP contribution in [0.4, 0.5) is 0 Å². The van der Waals surface area contributed by atoms with Crippen molar-refractivity contribution in [2.75, 3.05) is 19.0 Å². The van der Waals surface area contributed by atoms with Gasteiger partial charge in [-0.25, -0.2) is 9.59 Å². The summed E-state index contributed by atoms with van der Waals surface area (Å²) in [6, 6.07) is 10.4. The first kappa shape index (κ1) is 19.4. The number of hydrogen-bond acceptors (Lipinski definition) is 6. The van der Waals surface area contributed by atoms with Gasteiger partial charge < -0.3 is 14.8 Å². The number of hydrogen-bond donors (Lipinski definition) is 1. The fourth-order valence-corrected chi connectivity index (χ4v) is 3.68. The molecular weight excluding hydrogens is 338 g/mol. The lowest BCUT2D eigenvalue weighted by molar-refractivity contribution is -0.146. The van der Waals surface area contributed by atoms with Crippen LogP contribution in [0.5, 0.6) is 0 Å². The Kier molecular flexibility index (Phi) is 7.85. The van der Waals surface area contributed by atoms with E-state index < -0.39 is 11.9 Å². The molecule has 1 aliphatic heterocycles. The van der Waals surface area contributed by atoms with Crippen molar-refractivity contribution in [3.05, 3.63) is 41.6 Å². The molecule has 1 aromatic carbocycles. The Morgan fingerprint density at radius 2 is 1.76 bits per heavy atom. The van der Waals surface area contributed by atoms with Crippen LogP contribution in [-0.2, 0) is 19.1 Å². The maximum atomic E-state index is 12.2. The molecule has 1 aliphatic rings. The van der Waals surface area contributed by atoms with E-state index in [1.807, 2.05) is 18.2 Å². The minimum Gasteiger partial charge on any atom is -0.462 e. The Labute approximate surface area is 153 Å². The first-order chi connectivity index (χ1) is 12.2. The Morgan fingerprint density at radius 3 is 2.36 bits per heavy atom. The largest absolute Gasteiger partial charge is 0.462 e. The second-order valence-corrected chi connectivity index (χ2v) is 6.75. The van der Waals surface area contributed by atoms with Crippen LogP contribution in [0.2, 0.25) is 0 Å². The van der Waals surface area contributed by atoms with Crippen LogP contribution in [0.15, 0.2) is 46.5 Å². The summed E-state index contributed by atoms with van der Waals surface area (Å²) in [5, 5.41) is 3.36. The third-order valence-corrected chi connectivity index (χ3v) is 4.99. The van der Waals surface area contributed by atoms with Gasteiger partial charge in [0.15, 0.2) is 5.57 Å². The highest BCUT2D eigenvalue weighted by Gasteiger charge is 2.29. The van der Waals surface area contributed by atoms with Gasteiger partial charge in [0.2, 0.25) is 0 Å². The fraction of sp³-hybridized carbons (Fsp3) is 0.474. The van der Waals surface area contributed by atoms with E-state index in [9.17, 15) is 9.59 Å². The molecule has 0 spiro atoms. The first-order valence-electron chi connectivity index (χ1n) is 8.67. The van der Waals surface area contributed by atoms with Crippen molar-refractivity contribution in [2.24, 2.45) is 0 Å². The third-order valence-electron chi connectivity index (χ3n) is 3.81. The van der Waals surface area contributed by atoms with Crippen LogP contribution >= 0.6 is 11.8 Å². The molecule has 1 heterocycles. The number of ether oxygens (including phenoxy) is 2. The molecule has 0 bridgehead atoms. The molecule has 1 saturated heterocycles. The number of nitrogens with one attached hydrogen (secondary N) is 1. The highest BCUT2D eigenvalue weighted by Crippen LogP contribution is 2.25. The second-order valence-electron chi connectivity index (χ2n) is 5.65. The summed E-state index contributed by atoms with van der Waals surface area (Å²) < 4.78 is 10.1. The number of thioether (sulfide) groups is 1. The topological polar surface area (TPSA) is 64.6 Å². The Bertz CT molecular complexity index is 595. The molecule has 0 saturated carbocycles. The zero-order valence-electron chi connectivity index (χ0n) is 14.7. The standard InChI is InChI=1S/C19H25NO4S/c1-3-23-18(21)17(19(22)24-4-2)16-12-8-9-14(20-16)13-25-15-10-6-5-7-11-15/h5-7,10-11,14,20H,3-4,8-9,12-13H2,1-2H3/t14-/m0/s1. The molecule has 136 valence electrons.